The van der Waals surface area contributed by atoms with Crippen molar-refractivity contribution in [1.29, 1.82) is 0 Å². The molecule has 0 aromatic heterocycles. The van der Waals surface area contributed by atoms with Crippen LogP contribution in [0.15, 0.2) is 66.7 Å². The highest BCUT2D eigenvalue weighted by molar-refractivity contribution is 5.85. The van der Waals surface area contributed by atoms with Gasteiger partial charge in [0.1, 0.15) is 0 Å². The Bertz CT molecular complexity index is 935. The van der Waals surface area contributed by atoms with Gasteiger partial charge in [-0.2, -0.15) is 0 Å². The monoisotopic (exact) mass is 372 g/mol. The lowest BCUT2D eigenvalue weighted by molar-refractivity contribution is -0.126. The number of carbonyl (C=O) groups is 1. The lowest BCUT2D eigenvalue weighted by Crippen LogP contribution is -2.40. The number of nitrogens with one attached hydrogen (secondary N) is 1. The van der Waals surface area contributed by atoms with Crippen LogP contribution in [0.2, 0.25) is 0 Å². The summed E-state index contributed by atoms with van der Waals surface area (Å²) in [7, 11) is 0. The van der Waals surface area contributed by atoms with Crippen molar-refractivity contribution in [2.45, 2.75) is 32.9 Å². The molecule has 3 aromatic rings. The molecule has 0 aliphatic carbocycles. The first-order valence-electron chi connectivity index (χ1n) is 10.2. The summed E-state index contributed by atoms with van der Waals surface area (Å²) in [5.74, 6) is 0.333. The van der Waals surface area contributed by atoms with E-state index in [4.69, 9.17) is 0 Å². The van der Waals surface area contributed by atoms with E-state index in [0.717, 1.165) is 38.0 Å². The van der Waals surface area contributed by atoms with E-state index in [1.807, 2.05) is 0 Å². The molecule has 1 aliphatic heterocycles. The van der Waals surface area contributed by atoms with Gasteiger partial charge in [0.05, 0.1) is 0 Å². The number of aryl methyl sites for hydroxylation is 1. The molecule has 144 valence electrons. The average Bonchev–Trinajstić information content (AvgIpc) is 2.74. The van der Waals surface area contributed by atoms with Crippen molar-refractivity contribution in [1.82, 2.24) is 10.2 Å². The van der Waals surface area contributed by atoms with E-state index in [1.54, 1.807) is 0 Å². The Kier molecular flexibility index (Phi) is 5.73. The standard InChI is InChI=1S/C25H28N2O/c1-19-9-11-20(12-10-19)17-26-25(28)22-13-15-27(16-14-22)18-23-7-4-6-21-5-2-3-8-24(21)23/h2-12,22H,13-18H2,1H3,(H,26,28). The maximum Gasteiger partial charge on any atom is 0.223 e. The highest BCUT2D eigenvalue weighted by Crippen LogP contribution is 2.23. The lowest BCUT2D eigenvalue weighted by atomic mass is 9.95. The number of rotatable bonds is 5. The highest BCUT2D eigenvalue weighted by atomic mass is 16.1. The van der Waals surface area contributed by atoms with Gasteiger partial charge < -0.3 is 5.32 Å². The topological polar surface area (TPSA) is 32.3 Å². The van der Waals surface area contributed by atoms with Crippen LogP contribution < -0.4 is 5.32 Å². The minimum absolute atomic E-state index is 0.134. The summed E-state index contributed by atoms with van der Waals surface area (Å²) in [5, 5.41) is 5.75. The van der Waals surface area contributed by atoms with Crippen LogP contribution in [-0.4, -0.2) is 23.9 Å². The molecule has 0 atom stereocenters. The Morgan fingerprint density at radius 1 is 0.964 bits per heavy atom. The zero-order valence-corrected chi connectivity index (χ0v) is 16.5. The molecule has 0 unspecified atom stereocenters. The molecular formula is C25H28N2O. The largest absolute Gasteiger partial charge is 0.352 e. The number of carbonyl (C=O) groups excluding carboxylic acids is 1. The van der Waals surface area contributed by atoms with Gasteiger partial charge >= 0.3 is 0 Å². The zero-order chi connectivity index (χ0) is 19.3. The Hall–Kier alpha value is -2.65. The molecule has 1 fully saturated rings. The first-order chi connectivity index (χ1) is 13.7. The van der Waals surface area contributed by atoms with Gasteiger partial charge in [0, 0.05) is 19.0 Å². The SMILES string of the molecule is Cc1ccc(CNC(=O)C2CCN(Cc3cccc4ccccc34)CC2)cc1. The summed E-state index contributed by atoms with van der Waals surface area (Å²) in [6, 6.07) is 23.5. The predicted octanol–water partition coefficient (Wildman–Crippen LogP) is 4.68. The third kappa shape index (κ3) is 4.42. The molecule has 4 rings (SSSR count). The minimum atomic E-state index is 0.134. The van der Waals surface area contributed by atoms with Crippen molar-refractivity contribution in [2.75, 3.05) is 13.1 Å². The Morgan fingerprint density at radius 3 is 2.46 bits per heavy atom. The van der Waals surface area contributed by atoms with Gasteiger partial charge in [-0.1, -0.05) is 72.3 Å². The van der Waals surface area contributed by atoms with Crippen LogP contribution in [0.25, 0.3) is 10.8 Å². The maximum absolute atomic E-state index is 12.5. The lowest BCUT2D eigenvalue weighted by Gasteiger charge is -2.31. The molecule has 3 heteroatoms. The van der Waals surface area contributed by atoms with Crippen LogP contribution >= 0.6 is 0 Å². The van der Waals surface area contributed by atoms with Crippen LogP contribution in [0.3, 0.4) is 0 Å². The molecule has 3 nitrogen and oxygen atoms in total. The predicted molar refractivity (Wildman–Crippen MR) is 115 cm³/mol. The van der Waals surface area contributed by atoms with Gasteiger partial charge in [-0.25, -0.2) is 0 Å². The molecule has 1 N–H and O–H groups in total. The third-order valence-corrected chi connectivity index (χ3v) is 5.82. The van der Waals surface area contributed by atoms with Crippen LogP contribution in [0.5, 0.6) is 0 Å². The maximum atomic E-state index is 12.5. The van der Waals surface area contributed by atoms with E-state index in [-0.39, 0.29) is 11.8 Å². The molecule has 1 heterocycles. The quantitative estimate of drug-likeness (QED) is 0.705. The normalized spacial score (nSPS) is 15.6. The van der Waals surface area contributed by atoms with Gasteiger partial charge in [0.25, 0.3) is 0 Å². The molecule has 0 radical (unpaired) electrons. The minimum Gasteiger partial charge on any atom is -0.352 e. The fraction of sp³-hybridized carbons (Fsp3) is 0.320. The molecule has 1 amide bonds. The summed E-state index contributed by atoms with van der Waals surface area (Å²) in [6.45, 7) is 5.61. The van der Waals surface area contributed by atoms with Crippen molar-refractivity contribution in [2.24, 2.45) is 5.92 Å². The second-order valence-corrected chi connectivity index (χ2v) is 7.89. The summed E-state index contributed by atoms with van der Waals surface area (Å²) in [6.07, 6.45) is 1.87. The Labute approximate surface area is 167 Å². The summed E-state index contributed by atoms with van der Waals surface area (Å²) >= 11 is 0. The van der Waals surface area contributed by atoms with Gasteiger partial charge in [0.2, 0.25) is 5.91 Å². The Morgan fingerprint density at radius 2 is 1.68 bits per heavy atom. The molecule has 1 aliphatic rings. The van der Waals surface area contributed by atoms with Crippen molar-refractivity contribution >= 4 is 16.7 Å². The van der Waals surface area contributed by atoms with Crippen LogP contribution in [0.1, 0.15) is 29.5 Å². The number of benzene rings is 3. The number of amides is 1. The van der Waals surface area contributed by atoms with Crippen LogP contribution in [0, 0.1) is 12.8 Å². The number of likely N-dealkylation sites (tertiary alicyclic amines) is 1. The van der Waals surface area contributed by atoms with E-state index < -0.39 is 0 Å². The van der Waals surface area contributed by atoms with Gasteiger partial charge in [-0.05, 0) is 54.8 Å². The van der Waals surface area contributed by atoms with Crippen LogP contribution in [0.4, 0.5) is 0 Å². The fourth-order valence-corrected chi connectivity index (χ4v) is 4.06. The van der Waals surface area contributed by atoms with Gasteiger partial charge in [-0.3, -0.25) is 9.69 Å². The highest BCUT2D eigenvalue weighted by Gasteiger charge is 2.25. The fourth-order valence-electron chi connectivity index (χ4n) is 4.06. The molecule has 0 spiro atoms. The van der Waals surface area contributed by atoms with E-state index in [1.165, 1.54) is 21.9 Å². The third-order valence-electron chi connectivity index (χ3n) is 5.82. The van der Waals surface area contributed by atoms with E-state index in [0.29, 0.717) is 6.54 Å². The smallest absolute Gasteiger partial charge is 0.223 e. The number of piperidine rings is 1. The molecule has 0 saturated carbocycles. The number of nitrogens with zero attached hydrogens (tertiary/aromatic N) is 1. The van der Waals surface area contributed by atoms with Crippen molar-refractivity contribution in [3.8, 4) is 0 Å². The summed E-state index contributed by atoms with van der Waals surface area (Å²) < 4.78 is 0. The van der Waals surface area contributed by atoms with Gasteiger partial charge in [-0.15, -0.1) is 0 Å². The van der Waals surface area contributed by atoms with Gasteiger partial charge in [0.15, 0.2) is 0 Å². The van der Waals surface area contributed by atoms with Crippen LogP contribution in [-0.2, 0) is 17.9 Å². The molecule has 0 bridgehead atoms. The van der Waals surface area contributed by atoms with E-state index >= 15 is 0 Å². The second kappa shape index (κ2) is 8.57. The number of hydrogen-bond acceptors (Lipinski definition) is 2. The molecular weight excluding hydrogens is 344 g/mol. The summed E-state index contributed by atoms with van der Waals surface area (Å²) in [5.41, 5.74) is 3.78. The first kappa shape index (κ1) is 18.7. The molecule has 28 heavy (non-hydrogen) atoms. The van der Waals surface area contributed by atoms with Crippen molar-refractivity contribution in [3.63, 3.8) is 0 Å². The van der Waals surface area contributed by atoms with Crippen molar-refractivity contribution < 1.29 is 4.79 Å². The number of fused-ring (bicyclic) bond motifs is 1. The average molecular weight is 373 g/mol. The summed E-state index contributed by atoms with van der Waals surface area (Å²) in [4.78, 5) is 15.0. The van der Waals surface area contributed by atoms with Crippen molar-refractivity contribution in [3.05, 3.63) is 83.4 Å². The number of hydrogen-bond donors (Lipinski definition) is 1. The molecule has 1 saturated heterocycles. The van der Waals surface area contributed by atoms with E-state index in [9.17, 15) is 4.79 Å². The second-order valence-electron chi connectivity index (χ2n) is 7.89. The first-order valence-corrected chi connectivity index (χ1v) is 10.2. The Balaban J connectivity index is 1.29. The molecule has 3 aromatic carbocycles. The zero-order valence-electron chi connectivity index (χ0n) is 16.5. The van der Waals surface area contributed by atoms with E-state index in [2.05, 4.69) is 83.9 Å².